The van der Waals surface area contributed by atoms with Gasteiger partial charge in [-0.3, -0.25) is 14.9 Å². The lowest BCUT2D eigenvalue weighted by Gasteiger charge is -2.03. The lowest BCUT2D eigenvalue weighted by Crippen LogP contribution is -2.07. The Morgan fingerprint density at radius 3 is 2.68 bits per heavy atom. The Morgan fingerprint density at radius 1 is 1.47 bits per heavy atom. The molecule has 19 heavy (non-hydrogen) atoms. The summed E-state index contributed by atoms with van der Waals surface area (Å²) in [5, 5.41) is 19.6. The second-order valence-electron chi connectivity index (χ2n) is 3.33. The molecule has 0 heterocycles. The number of hydrogen-bond acceptors (Lipinski definition) is 6. The van der Waals surface area contributed by atoms with Gasteiger partial charge in [0.2, 0.25) is 0 Å². The van der Waals surface area contributed by atoms with Crippen molar-refractivity contribution < 1.29 is 24.4 Å². The summed E-state index contributed by atoms with van der Waals surface area (Å²) in [7, 11) is 0. The van der Waals surface area contributed by atoms with Crippen LogP contribution >= 0.6 is 11.8 Å². The third kappa shape index (κ3) is 4.25. The van der Waals surface area contributed by atoms with E-state index in [2.05, 4.69) is 0 Å². The van der Waals surface area contributed by atoms with Crippen molar-refractivity contribution in [2.45, 2.75) is 11.8 Å². The number of aromatic carboxylic acids is 1. The highest BCUT2D eigenvalue weighted by Crippen LogP contribution is 2.26. The molecule has 0 aromatic heterocycles. The molecule has 0 aliphatic carbocycles. The zero-order valence-electron chi connectivity index (χ0n) is 9.99. The predicted octanol–water partition coefficient (Wildman–Crippen LogP) is 1.95. The fourth-order valence-corrected chi connectivity index (χ4v) is 2.01. The number of carboxylic acids is 1. The maximum atomic E-state index is 11.1. The van der Waals surface area contributed by atoms with E-state index < -0.39 is 22.5 Å². The van der Waals surface area contributed by atoms with Gasteiger partial charge in [-0.2, -0.15) is 0 Å². The summed E-state index contributed by atoms with van der Waals surface area (Å²) >= 11 is 1.05. The summed E-state index contributed by atoms with van der Waals surface area (Å²) in [4.78, 5) is 32.4. The lowest BCUT2D eigenvalue weighted by atomic mass is 10.2. The molecule has 0 radical (unpaired) electrons. The van der Waals surface area contributed by atoms with Gasteiger partial charge in [-0.05, 0) is 19.1 Å². The molecule has 0 aliphatic rings. The Bertz CT molecular complexity index is 516. The Hall–Kier alpha value is -2.09. The maximum absolute atomic E-state index is 11.1. The van der Waals surface area contributed by atoms with E-state index in [9.17, 15) is 19.7 Å². The molecule has 0 spiro atoms. The SMILES string of the molecule is CCOC(=O)CSc1ccc(C(=O)O)c([N+](=O)[O-])c1. The van der Waals surface area contributed by atoms with Gasteiger partial charge < -0.3 is 9.84 Å². The van der Waals surface area contributed by atoms with Crippen molar-refractivity contribution in [1.29, 1.82) is 0 Å². The Labute approximate surface area is 112 Å². The number of esters is 1. The standard InChI is InChI=1S/C11H11NO6S/c1-2-18-10(13)6-19-7-3-4-8(11(14)15)9(5-7)12(16)17/h3-5H,2,6H2,1H3,(H,14,15). The van der Waals surface area contributed by atoms with E-state index in [-0.39, 0.29) is 17.9 Å². The zero-order valence-corrected chi connectivity index (χ0v) is 10.8. The van der Waals surface area contributed by atoms with Crippen LogP contribution in [0.25, 0.3) is 0 Å². The molecule has 1 N–H and O–H groups in total. The number of nitro benzene ring substituents is 1. The molecule has 1 aromatic carbocycles. The summed E-state index contributed by atoms with van der Waals surface area (Å²) in [5.74, 6) is -1.79. The Kier molecular flexibility index (Phi) is 5.31. The van der Waals surface area contributed by atoms with Gasteiger partial charge in [0.15, 0.2) is 0 Å². The molecule has 102 valence electrons. The van der Waals surface area contributed by atoms with Gasteiger partial charge in [0.1, 0.15) is 5.56 Å². The van der Waals surface area contributed by atoms with Gasteiger partial charge in [-0.25, -0.2) is 4.79 Å². The number of ether oxygens (including phenoxy) is 1. The van der Waals surface area contributed by atoms with Gasteiger partial charge in [-0.1, -0.05) is 0 Å². The smallest absolute Gasteiger partial charge is 0.342 e. The van der Waals surface area contributed by atoms with Gasteiger partial charge in [0.05, 0.1) is 17.3 Å². The molecule has 0 bridgehead atoms. The molecule has 7 nitrogen and oxygen atoms in total. The van der Waals surface area contributed by atoms with Crippen molar-refractivity contribution >= 4 is 29.4 Å². The number of thioether (sulfide) groups is 1. The first-order valence-corrected chi connectivity index (χ1v) is 6.24. The van der Waals surface area contributed by atoms with Crippen LogP contribution in [0.5, 0.6) is 0 Å². The second kappa shape index (κ2) is 6.74. The minimum Gasteiger partial charge on any atom is -0.477 e. The molecule has 0 aliphatic heterocycles. The van der Waals surface area contributed by atoms with Gasteiger partial charge in [0, 0.05) is 11.0 Å². The number of rotatable bonds is 6. The summed E-state index contributed by atoms with van der Waals surface area (Å²) in [6.45, 7) is 1.94. The molecule has 0 fully saturated rings. The first-order chi connectivity index (χ1) is 8.95. The second-order valence-corrected chi connectivity index (χ2v) is 4.38. The van der Waals surface area contributed by atoms with Crippen molar-refractivity contribution in [3.63, 3.8) is 0 Å². The van der Waals surface area contributed by atoms with Crippen LogP contribution in [0.2, 0.25) is 0 Å². The first kappa shape index (κ1) is 15.0. The fourth-order valence-electron chi connectivity index (χ4n) is 1.28. The monoisotopic (exact) mass is 285 g/mol. The highest BCUT2D eigenvalue weighted by Gasteiger charge is 2.20. The number of nitrogens with zero attached hydrogens (tertiary/aromatic N) is 1. The van der Waals surface area contributed by atoms with Crippen LogP contribution in [0.15, 0.2) is 23.1 Å². The van der Waals surface area contributed by atoms with Crippen molar-refractivity contribution in [3.8, 4) is 0 Å². The molecule has 0 amide bonds. The minimum atomic E-state index is -1.37. The summed E-state index contributed by atoms with van der Waals surface area (Å²) in [6.07, 6.45) is 0. The highest BCUT2D eigenvalue weighted by atomic mass is 32.2. The molecule has 1 rings (SSSR count). The lowest BCUT2D eigenvalue weighted by molar-refractivity contribution is -0.385. The van der Waals surface area contributed by atoms with Gasteiger partial charge in [-0.15, -0.1) is 11.8 Å². The number of hydrogen-bond donors (Lipinski definition) is 1. The van der Waals surface area contributed by atoms with Crippen LogP contribution in [0.3, 0.4) is 0 Å². The Balaban J connectivity index is 2.87. The van der Waals surface area contributed by atoms with Crippen molar-refractivity contribution in [2.24, 2.45) is 0 Å². The topological polar surface area (TPSA) is 107 Å². The minimum absolute atomic E-state index is 0.0113. The van der Waals surface area contributed by atoms with Gasteiger partial charge in [0.25, 0.3) is 5.69 Å². The summed E-state index contributed by atoms with van der Waals surface area (Å²) in [6, 6.07) is 3.70. The van der Waals surface area contributed by atoms with Crippen molar-refractivity contribution in [1.82, 2.24) is 0 Å². The molecular formula is C11H11NO6S. The molecule has 0 saturated heterocycles. The molecular weight excluding hydrogens is 274 g/mol. The quantitative estimate of drug-likeness (QED) is 0.368. The van der Waals surface area contributed by atoms with E-state index in [1.807, 2.05) is 0 Å². The third-order valence-electron chi connectivity index (χ3n) is 2.06. The van der Waals surface area contributed by atoms with E-state index >= 15 is 0 Å². The van der Waals surface area contributed by atoms with E-state index in [0.29, 0.717) is 4.90 Å². The first-order valence-electron chi connectivity index (χ1n) is 5.25. The van der Waals surface area contributed by atoms with Crippen LogP contribution < -0.4 is 0 Å². The van der Waals surface area contributed by atoms with Crippen LogP contribution in [-0.4, -0.2) is 34.3 Å². The molecule has 0 unspecified atom stereocenters. The van der Waals surface area contributed by atoms with Crippen molar-refractivity contribution in [3.05, 3.63) is 33.9 Å². The fraction of sp³-hybridized carbons (Fsp3) is 0.273. The molecule has 1 aromatic rings. The largest absolute Gasteiger partial charge is 0.477 e. The van der Waals surface area contributed by atoms with E-state index in [0.717, 1.165) is 23.9 Å². The third-order valence-corrected chi connectivity index (χ3v) is 3.03. The highest BCUT2D eigenvalue weighted by molar-refractivity contribution is 8.00. The van der Waals surface area contributed by atoms with Crippen LogP contribution in [0.4, 0.5) is 5.69 Å². The van der Waals surface area contributed by atoms with Crippen LogP contribution in [0, 0.1) is 10.1 Å². The molecule has 0 saturated carbocycles. The number of benzene rings is 1. The molecule has 8 heteroatoms. The number of carbonyl (C=O) groups is 2. The van der Waals surface area contributed by atoms with E-state index in [1.165, 1.54) is 6.07 Å². The van der Waals surface area contributed by atoms with Crippen molar-refractivity contribution in [2.75, 3.05) is 12.4 Å². The van der Waals surface area contributed by atoms with Crippen LogP contribution in [-0.2, 0) is 9.53 Å². The Morgan fingerprint density at radius 2 is 2.16 bits per heavy atom. The maximum Gasteiger partial charge on any atom is 0.342 e. The zero-order chi connectivity index (χ0) is 14.4. The van der Waals surface area contributed by atoms with E-state index in [1.54, 1.807) is 6.92 Å². The normalized spacial score (nSPS) is 9.95. The number of carbonyl (C=O) groups excluding carboxylic acids is 1. The van der Waals surface area contributed by atoms with E-state index in [4.69, 9.17) is 9.84 Å². The molecule has 0 atom stereocenters. The predicted molar refractivity (Wildman–Crippen MR) is 67.4 cm³/mol. The summed E-state index contributed by atoms with van der Waals surface area (Å²) < 4.78 is 4.72. The average molecular weight is 285 g/mol. The summed E-state index contributed by atoms with van der Waals surface area (Å²) in [5.41, 5.74) is -0.883. The number of nitro groups is 1. The average Bonchev–Trinajstić information content (AvgIpc) is 2.36. The van der Waals surface area contributed by atoms with Crippen LogP contribution in [0.1, 0.15) is 17.3 Å². The number of carboxylic acid groups (broad SMARTS) is 1. The van der Waals surface area contributed by atoms with Gasteiger partial charge >= 0.3 is 11.9 Å².